The first-order chi connectivity index (χ1) is 8.47. The zero-order valence-corrected chi connectivity index (χ0v) is 12.2. The number of unbranched alkanes of at least 4 members (excludes halogenated alkanes) is 1. The fraction of sp³-hybridized carbons (Fsp3) is 0.417. The lowest BCUT2D eigenvalue weighted by molar-refractivity contribution is 0.591. The highest BCUT2D eigenvalue weighted by Gasteiger charge is 2.17. The van der Waals surface area contributed by atoms with E-state index in [0.717, 1.165) is 12.8 Å². The van der Waals surface area contributed by atoms with Gasteiger partial charge in [0.05, 0.1) is 4.90 Å². The molecule has 1 rings (SSSR count). The Bertz CT molecular complexity index is 513. The van der Waals surface area contributed by atoms with Crippen molar-refractivity contribution in [1.82, 2.24) is 10.0 Å². The molecule has 0 amide bonds. The van der Waals surface area contributed by atoms with Crippen LogP contribution < -0.4 is 10.0 Å². The van der Waals surface area contributed by atoms with Gasteiger partial charge in [-0.05, 0) is 37.2 Å². The van der Waals surface area contributed by atoms with E-state index in [1.807, 2.05) is 0 Å². The molecule has 0 fully saturated rings. The van der Waals surface area contributed by atoms with Crippen LogP contribution >= 0.6 is 12.2 Å². The number of aryl methyl sites for hydroxylation is 1. The van der Waals surface area contributed by atoms with Gasteiger partial charge in [0, 0.05) is 6.54 Å². The standard InChI is InChI=1S/C12H18N2O2S2/c1-3-4-9-13-12(17)14-18(15,16)11-8-6-5-7-10(11)2/h5-8H,3-4,9H2,1-2H3,(H2,13,14,17). The van der Waals surface area contributed by atoms with Crippen molar-refractivity contribution in [3.05, 3.63) is 29.8 Å². The van der Waals surface area contributed by atoms with Gasteiger partial charge in [-0.25, -0.2) is 8.42 Å². The molecule has 0 aliphatic rings. The molecule has 4 nitrogen and oxygen atoms in total. The summed E-state index contributed by atoms with van der Waals surface area (Å²) in [6.07, 6.45) is 1.98. The fourth-order valence-corrected chi connectivity index (χ4v) is 3.06. The molecular formula is C12H18N2O2S2. The van der Waals surface area contributed by atoms with E-state index in [9.17, 15) is 8.42 Å². The SMILES string of the molecule is CCCCNC(=S)NS(=O)(=O)c1ccccc1C. The smallest absolute Gasteiger partial charge is 0.263 e. The molecular weight excluding hydrogens is 268 g/mol. The van der Waals surface area contributed by atoms with Crippen LogP contribution in [-0.2, 0) is 10.0 Å². The minimum absolute atomic E-state index is 0.145. The van der Waals surface area contributed by atoms with Crippen molar-refractivity contribution in [3.8, 4) is 0 Å². The minimum Gasteiger partial charge on any atom is -0.362 e. The third kappa shape index (κ3) is 4.27. The number of hydrogen-bond acceptors (Lipinski definition) is 3. The van der Waals surface area contributed by atoms with Crippen LogP contribution in [0, 0.1) is 6.92 Å². The highest BCUT2D eigenvalue weighted by molar-refractivity contribution is 7.91. The maximum Gasteiger partial charge on any atom is 0.263 e. The topological polar surface area (TPSA) is 58.2 Å². The van der Waals surface area contributed by atoms with E-state index in [-0.39, 0.29) is 10.0 Å². The van der Waals surface area contributed by atoms with Crippen molar-refractivity contribution in [2.24, 2.45) is 0 Å². The molecule has 2 N–H and O–H groups in total. The van der Waals surface area contributed by atoms with Crippen LogP contribution in [0.15, 0.2) is 29.2 Å². The molecule has 0 aromatic heterocycles. The molecule has 0 radical (unpaired) electrons. The monoisotopic (exact) mass is 286 g/mol. The Labute approximate surface area is 114 Å². The van der Waals surface area contributed by atoms with Crippen molar-refractivity contribution < 1.29 is 8.42 Å². The molecule has 0 aliphatic carbocycles. The number of nitrogens with one attached hydrogen (secondary N) is 2. The van der Waals surface area contributed by atoms with Crippen LogP contribution in [-0.4, -0.2) is 20.1 Å². The van der Waals surface area contributed by atoms with Gasteiger partial charge in [0.15, 0.2) is 5.11 Å². The first kappa shape index (κ1) is 14.9. The normalized spacial score (nSPS) is 11.0. The van der Waals surface area contributed by atoms with Crippen LogP contribution in [0.3, 0.4) is 0 Å². The van der Waals surface area contributed by atoms with Gasteiger partial charge < -0.3 is 5.32 Å². The highest BCUT2D eigenvalue weighted by Crippen LogP contribution is 2.13. The molecule has 0 atom stereocenters. The summed E-state index contributed by atoms with van der Waals surface area (Å²) in [6.45, 7) is 4.48. The van der Waals surface area contributed by atoms with Crippen LogP contribution in [0.4, 0.5) is 0 Å². The summed E-state index contributed by atoms with van der Waals surface area (Å²) in [4.78, 5) is 0.254. The molecule has 100 valence electrons. The Morgan fingerprint density at radius 2 is 2.00 bits per heavy atom. The van der Waals surface area contributed by atoms with Gasteiger partial charge in [0.25, 0.3) is 10.0 Å². The zero-order chi connectivity index (χ0) is 13.6. The van der Waals surface area contributed by atoms with Crippen molar-refractivity contribution in [2.45, 2.75) is 31.6 Å². The van der Waals surface area contributed by atoms with Crippen molar-refractivity contribution in [3.63, 3.8) is 0 Å². The van der Waals surface area contributed by atoms with Gasteiger partial charge in [-0.15, -0.1) is 0 Å². The molecule has 0 saturated heterocycles. The van der Waals surface area contributed by atoms with Gasteiger partial charge in [-0.1, -0.05) is 31.5 Å². The van der Waals surface area contributed by atoms with E-state index >= 15 is 0 Å². The number of thiocarbonyl (C=S) groups is 1. The van der Waals surface area contributed by atoms with E-state index < -0.39 is 10.0 Å². The quantitative estimate of drug-likeness (QED) is 0.641. The molecule has 6 heteroatoms. The van der Waals surface area contributed by atoms with Gasteiger partial charge in [0.2, 0.25) is 0 Å². The average molecular weight is 286 g/mol. The summed E-state index contributed by atoms with van der Waals surface area (Å²) in [5.41, 5.74) is 0.696. The van der Waals surface area contributed by atoms with Gasteiger partial charge in [-0.2, -0.15) is 0 Å². The number of benzene rings is 1. The predicted octanol–water partition coefficient (Wildman–Crippen LogP) is 1.95. The first-order valence-corrected chi connectivity index (χ1v) is 7.73. The second-order valence-electron chi connectivity index (χ2n) is 3.98. The Morgan fingerprint density at radius 1 is 1.33 bits per heavy atom. The van der Waals surface area contributed by atoms with Crippen LogP contribution in [0.1, 0.15) is 25.3 Å². The van der Waals surface area contributed by atoms with E-state index in [4.69, 9.17) is 12.2 Å². The second kappa shape index (κ2) is 6.70. The van der Waals surface area contributed by atoms with Gasteiger partial charge >= 0.3 is 0 Å². The number of sulfonamides is 1. The molecule has 0 aliphatic heterocycles. The summed E-state index contributed by atoms with van der Waals surface area (Å²) in [5.74, 6) is 0. The average Bonchev–Trinajstić information content (AvgIpc) is 2.29. The first-order valence-electron chi connectivity index (χ1n) is 5.83. The maximum absolute atomic E-state index is 12.1. The summed E-state index contributed by atoms with van der Waals surface area (Å²) in [6, 6.07) is 6.80. The van der Waals surface area contributed by atoms with Gasteiger partial charge in [-0.3, -0.25) is 4.72 Å². The van der Waals surface area contributed by atoms with E-state index in [0.29, 0.717) is 12.1 Å². The van der Waals surface area contributed by atoms with Crippen LogP contribution in [0.25, 0.3) is 0 Å². The largest absolute Gasteiger partial charge is 0.362 e. The molecule has 0 saturated carbocycles. The van der Waals surface area contributed by atoms with Gasteiger partial charge in [0.1, 0.15) is 0 Å². The Balaban J connectivity index is 2.71. The second-order valence-corrected chi connectivity index (χ2v) is 6.04. The van der Waals surface area contributed by atoms with Crippen LogP contribution in [0.2, 0.25) is 0 Å². The maximum atomic E-state index is 12.1. The predicted molar refractivity (Wildman–Crippen MR) is 77.0 cm³/mol. The Kier molecular flexibility index (Phi) is 5.55. The Hall–Kier alpha value is -1.14. The lowest BCUT2D eigenvalue weighted by Crippen LogP contribution is -2.39. The minimum atomic E-state index is -3.58. The highest BCUT2D eigenvalue weighted by atomic mass is 32.2. The number of hydrogen-bond donors (Lipinski definition) is 2. The molecule has 1 aromatic carbocycles. The van der Waals surface area contributed by atoms with E-state index in [2.05, 4.69) is 17.0 Å². The summed E-state index contributed by atoms with van der Waals surface area (Å²) in [7, 11) is -3.58. The summed E-state index contributed by atoms with van der Waals surface area (Å²) in [5, 5.41) is 3.02. The molecule has 0 heterocycles. The third-order valence-electron chi connectivity index (χ3n) is 2.43. The van der Waals surface area contributed by atoms with E-state index in [1.165, 1.54) is 0 Å². The molecule has 0 unspecified atom stereocenters. The molecule has 1 aromatic rings. The third-order valence-corrected chi connectivity index (χ3v) is 4.31. The molecule has 0 spiro atoms. The summed E-state index contributed by atoms with van der Waals surface area (Å²) < 4.78 is 26.5. The molecule has 18 heavy (non-hydrogen) atoms. The molecule has 0 bridgehead atoms. The van der Waals surface area contributed by atoms with Crippen molar-refractivity contribution in [2.75, 3.05) is 6.54 Å². The number of rotatable bonds is 5. The lowest BCUT2D eigenvalue weighted by Gasteiger charge is -2.12. The lowest BCUT2D eigenvalue weighted by atomic mass is 10.2. The van der Waals surface area contributed by atoms with Crippen molar-refractivity contribution >= 4 is 27.4 Å². The van der Waals surface area contributed by atoms with E-state index in [1.54, 1.807) is 31.2 Å². The Morgan fingerprint density at radius 3 is 2.61 bits per heavy atom. The summed E-state index contributed by atoms with van der Waals surface area (Å²) >= 11 is 4.96. The van der Waals surface area contributed by atoms with Crippen LogP contribution in [0.5, 0.6) is 0 Å². The zero-order valence-electron chi connectivity index (χ0n) is 10.6. The fourth-order valence-electron chi connectivity index (χ4n) is 1.45. The van der Waals surface area contributed by atoms with Crippen molar-refractivity contribution in [1.29, 1.82) is 0 Å².